The van der Waals surface area contributed by atoms with Crippen LogP contribution in [0.25, 0.3) is 0 Å². The van der Waals surface area contributed by atoms with Crippen molar-refractivity contribution in [3.63, 3.8) is 0 Å². The van der Waals surface area contributed by atoms with Crippen LogP contribution in [0.1, 0.15) is 22.6 Å². The van der Waals surface area contributed by atoms with Crippen molar-refractivity contribution in [2.24, 2.45) is 5.73 Å². The lowest BCUT2D eigenvalue weighted by atomic mass is 9.85. The van der Waals surface area contributed by atoms with Gasteiger partial charge in [0, 0.05) is 15.2 Å². The Balaban J connectivity index is 1.73. The lowest BCUT2D eigenvalue weighted by Gasteiger charge is -2.26. The molecule has 6 nitrogen and oxygen atoms in total. The summed E-state index contributed by atoms with van der Waals surface area (Å²) in [6.07, 6.45) is 0. The van der Waals surface area contributed by atoms with E-state index in [9.17, 15) is 5.26 Å². The van der Waals surface area contributed by atoms with Crippen LogP contribution in [-0.4, -0.2) is 9.97 Å². The van der Waals surface area contributed by atoms with Gasteiger partial charge in [-0.25, -0.2) is 4.98 Å². The molecule has 0 saturated heterocycles. The third-order valence-corrected chi connectivity index (χ3v) is 6.34. The average molecular weight is 501 g/mol. The molecule has 2 aromatic carbocycles. The second kappa shape index (κ2) is 8.56. The number of hydrogen-bond acceptors (Lipinski definition) is 7. The predicted molar refractivity (Wildman–Crippen MR) is 121 cm³/mol. The summed E-state index contributed by atoms with van der Waals surface area (Å²) in [6.45, 7) is 0. The summed E-state index contributed by atoms with van der Waals surface area (Å²) < 4.78 is 6.54. The number of nitriles is 1. The Kier molecular flexibility index (Phi) is 5.86. The lowest BCUT2D eigenvalue weighted by Crippen LogP contribution is -2.23. The molecule has 1 aliphatic heterocycles. The number of anilines is 1. The first-order chi connectivity index (χ1) is 14.5. The fourth-order valence-electron chi connectivity index (χ4n) is 3.20. The van der Waals surface area contributed by atoms with E-state index in [-0.39, 0.29) is 23.2 Å². The molecule has 0 amide bonds. The van der Waals surface area contributed by atoms with Gasteiger partial charge in [-0.1, -0.05) is 69.6 Å². The molecule has 1 unspecified atom stereocenters. The minimum absolute atomic E-state index is 0.00938. The highest BCUT2D eigenvalue weighted by atomic mass is 79.9. The zero-order valence-corrected chi connectivity index (χ0v) is 18.6. The van der Waals surface area contributed by atoms with Crippen molar-refractivity contribution in [2.75, 3.05) is 5.73 Å². The van der Waals surface area contributed by atoms with Crippen LogP contribution in [0, 0.1) is 11.3 Å². The molecule has 1 aromatic heterocycles. The maximum Gasteiger partial charge on any atom is 0.231 e. The lowest BCUT2D eigenvalue weighted by molar-refractivity contribution is 0.373. The highest BCUT2D eigenvalue weighted by Crippen LogP contribution is 2.44. The van der Waals surface area contributed by atoms with E-state index in [2.05, 4.69) is 32.0 Å². The van der Waals surface area contributed by atoms with Crippen molar-refractivity contribution in [1.82, 2.24) is 9.97 Å². The van der Waals surface area contributed by atoms with Crippen LogP contribution < -0.4 is 16.2 Å². The van der Waals surface area contributed by atoms with Gasteiger partial charge in [0.15, 0.2) is 5.16 Å². The number of nitrogens with two attached hydrogens (primary N) is 2. The summed E-state index contributed by atoms with van der Waals surface area (Å²) in [5, 5.41) is 10.8. The molecule has 0 bridgehead atoms. The molecule has 1 aliphatic rings. The number of nitrogens with zero attached hydrogens (tertiary/aromatic N) is 3. The minimum atomic E-state index is -0.515. The van der Waals surface area contributed by atoms with Gasteiger partial charge in [-0.15, -0.1) is 0 Å². The summed E-state index contributed by atoms with van der Waals surface area (Å²) in [5.74, 6) is 0.563. The molecule has 0 fully saturated rings. The Morgan fingerprint density at radius 2 is 1.97 bits per heavy atom. The normalized spacial score (nSPS) is 15.3. The molecular formula is C21H15BrClN5OS. The zero-order chi connectivity index (χ0) is 21.3. The van der Waals surface area contributed by atoms with Crippen LogP contribution in [0.4, 0.5) is 5.82 Å². The minimum Gasteiger partial charge on any atom is -0.422 e. The smallest absolute Gasteiger partial charge is 0.231 e. The quantitative estimate of drug-likeness (QED) is 0.383. The van der Waals surface area contributed by atoms with Crippen LogP contribution in [0.2, 0.25) is 5.02 Å². The number of allylic oxidation sites excluding steroid dienone is 1. The topological polar surface area (TPSA) is 111 Å². The molecule has 0 saturated carbocycles. The Morgan fingerprint density at radius 1 is 1.17 bits per heavy atom. The first-order valence-electron chi connectivity index (χ1n) is 8.84. The van der Waals surface area contributed by atoms with Crippen LogP contribution >= 0.6 is 39.3 Å². The number of nitrogen functional groups attached to an aromatic ring is 1. The number of halogens is 2. The highest BCUT2D eigenvalue weighted by molar-refractivity contribution is 9.10. The molecule has 0 aliphatic carbocycles. The second-order valence-electron chi connectivity index (χ2n) is 6.47. The molecule has 9 heteroatoms. The van der Waals surface area contributed by atoms with Gasteiger partial charge in [0.25, 0.3) is 0 Å². The number of thioether (sulfide) groups is 1. The number of benzene rings is 2. The number of fused-ring (bicyclic) bond motifs is 1. The molecule has 0 spiro atoms. The molecule has 150 valence electrons. The van der Waals surface area contributed by atoms with E-state index >= 15 is 0 Å². The second-order valence-corrected chi connectivity index (χ2v) is 8.74. The number of aromatic nitrogens is 2. The Hall–Kier alpha value is -2.73. The number of rotatable bonds is 4. The molecule has 2 heterocycles. The summed E-state index contributed by atoms with van der Waals surface area (Å²) >= 11 is 11.1. The van der Waals surface area contributed by atoms with Crippen molar-refractivity contribution in [2.45, 2.75) is 16.8 Å². The molecule has 4 N–H and O–H groups in total. The van der Waals surface area contributed by atoms with Gasteiger partial charge in [0.1, 0.15) is 17.5 Å². The van der Waals surface area contributed by atoms with Crippen LogP contribution in [-0.2, 0) is 5.75 Å². The summed E-state index contributed by atoms with van der Waals surface area (Å²) in [4.78, 5) is 8.95. The predicted octanol–water partition coefficient (Wildman–Crippen LogP) is 4.99. The Labute approximate surface area is 191 Å². The molecule has 3 aromatic rings. The SMILES string of the molecule is N#CC1=C(N)Oc2nc(SCc3ccccc3Cl)nc(N)c2C1c1cccc(Br)c1. The van der Waals surface area contributed by atoms with Crippen molar-refractivity contribution >= 4 is 45.1 Å². The van der Waals surface area contributed by atoms with E-state index < -0.39 is 5.92 Å². The summed E-state index contributed by atoms with van der Waals surface area (Å²) in [5.41, 5.74) is 15.0. The standard InChI is InChI=1S/C21H15BrClN5OS/c22-13-6-3-5-11(8-13)16-14(9-24)19(26)29-20-17(16)18(25)27-21(28-20)30-10-12-4-1-2-7-15(12)23/h1-8,16H,10,26H2,(H2,25,27,28). The third-order valence-electron chi connectivity index (χ3n) is 4.59. The van der Waals surface area contributed by atoms with Crippen LogP contribution in [0.3, 0.4) is 0 Å². The third kappa shape index (κ3) is 3.97. The van der Waals surface area contributed by atoms with Crippen molar-refractivity contribution < 1.29 is 4.74 Å². The van der Waals surface area contributed by atoms with Gasteiger partial charge in [-0.05, 0) is 29.3 Å². The fraction of sp³-hybridized carbons (Fsp3) is 0.0952. The monoisotopic (exact) mass is 499 g/mol. The highest BCUT2D eigenvalue weighted by Gasteiger charge is 2.34. The van der Waals surface area contributed by atoms with Gasteiger partial charge in [0.2, 0.25) is 11.8 Å². The largest absolute Gasteiger partial charge is 0.422 e. The summed E-state index contributed by atoms with van der Waals surface area (Å²) in [6, 6.07) is 17.3. The molecule has 1 atom stereocenters. The Bertz CT molecular complexity index is 1210. The van der Waals surface area contributed by atoms with Gasteiger partial charge in [-0.3, -0.25) is 0 Å². The van der Waals surface area contributed by atoms with E-state index in [1.807, 2.05) is 48.5 Å². The molecule has 30 heavy (non-hydrogen) atoms. The molecule has 0 radical (unpaired) electrons. The molecular weight excluding hydrogens is 486 g/mol. The van der Waals surface area contributed by atoms with E-state index in [0.717, 1.165) is 15.6 Å². The van der Waals surface area contributed by atoms with Gasteiger partial charge in [-0.2, -0.15) is 10.2 Å². The summed E-state index contributed by atoms with van der Waals surface area (Å²) in [7, 11) is 0. The molecule has 4 rings (SSSR count). The van der Waals surface area contributed by atoms with Crippen molar-refractivity contribution in [3.05, 3.63) is 86.2 Å². The average Bonchev–Trinajstić information content (AvgIpc) is 2.72. The first-order valence-corrected chi connectivity index (χ1v) is 11.0. The number of ether oxygens (including phenoxy) is 1. The van der Waals surface area contributed by atoms with Crippen LogP contribution in [0.5, 0.6) is 5.88 Å². The Morgan fingerprint density at radius 3 is 2.70 bits per heavy atom. The van der Waals surface area contributed by atoms with E-state index in [1.165, 1.54) is 11.8 Å². The zero-order valence-electron chi connectivity index (χ0n) is 15.5. The van der Waals surface area contributed by atoms with E-state index in [1.54, 1.807) is 0 Å². The number of hydrogen-bond donors (Lipinski definition) is 2. The van der Waals surface area contributed by atoms with Crippen molar-refractivity contribution in [3.8, 4) is 11.9 Å². The maximum atomic E-state index is 9.69. The maximum absolute atomic E-state index is 9.69. The van der Waals surface area contributed by atoms with Gasteiger partial charge in [0.05, 0.1) is 11.5 Å². The van der Waals surface area contributed by atoms with Gasteiger partial charge < -0.3 is 16.2 Å². The van der Waals surface area contributed by atoms with E-state index in [4.69, 9.17) is 27.8 Å². The van der Waals surface area contributed by atoms with Gasteiger partial charge >= 0.3 is 0 Å². The first kappa shape index (κ1) is 20.5. The van der Waals surface area contributed by atoms with Crippen molar-refractivity contribution in [1.29, 1.82) is 5.26 Å². The fourth-order valence-corrected chi connectivity index (χ4v) is 4.75. The van der Waals surface area contributed by atoms with Crippen LogP contribution in [0.15, 0.2) is 69.6 Å². The van der Waals surface area contributed by atoms with E-state index in [0.29, 0.717) is 21.5 Å².